The molecule has 0 fully saturated rings. The van der Waals surface area contributed by atoms with Crippen LogP contribution < -0.4 is 10.2 Å². The Morgan fingerprint density at radius 2 is 2.16 bits per heavy atom. The van der Waals surface area contributed by atoms with Gasteiger partial charge in [0, 0.05) is 37.5 Å². The lowest BCUT2D eigenvalue weighted by Gasteiger charge is -2.27. The topological polar surface area (TPSA) is 52.6 Å². The van der Waals surface area contributed by atoms with Gasteiger partial charge in [0.15, 0.2) is 0 Å². The molecule has 0 spiro atoms. The second kappa shape index (κ2) is 5.61. The van der Waals surface area contributed by atoms with Gasteiger partial charge in [0.1, 0.15) is 0 Å². The fourth-order valence-electron chi connectivity index (χ4n) is 2.39. The number of hydrogen-bond donors (Lipinski definition) is 2. The van der Waals surface area contributed by atoms with Crippen molar-refractivity contribution in [2.45, 2.75) is 20.3 Å². The van der Waals surface area contributed by atoms with Crippen molar-refractivity contribution in [3.63, 3.8) is 0 Å². The van der Waals surface area contributed by atoms with E-state index < -0.39 is 0 Å². The number of fused-ring (bicyclic) bond motifs is 1. The first kappa shape index (κ1) is 13.9. The highest BCUT2D eigenvalue weighted by molar-refractivity contribution is 5.99. The Kier molecular flexibility index (Phi) is 4.10. The molecule has 1 aromatic carbocycles. The quantitative estimate of drug-likeness (QED) is 0.852. The maximum Gasteiger partial charge on any atom is 0.228 e. The first-order valence-electron chi connectivity index (χ1n) is 6.76. The van der Waals surface area contributed by atoms with E-state index in [9.17, 15) is 9.90 Å². The predicted molar refractivity (Wildman–Crippen MR) is 77.5 cm³/mol. The summed E-state index contributed by atoms with van der Waals surface area (Å²) < 4.78 is 0. The van der Waals surface area contributed by atoms with Crippen molar-refractivity contribution in [3.05, 3.63) is 23.8 Å². The highest BCUT2D eigenvalue weighted by Gasteiger charge is 2.19. The van der Waals surface area contributed by atoms with Crippen LogP contribution in [0.2, 0.25) is 0 Å². The second-order valence-electron chi connectivity index (χ2n) is 5.63. The third kappa shape index (κ3) is 3.07. The minimum Gasteiger partial charge on any atom is -0.396 e. The normalized spacial score (nSPS) is 15.3. The van der Waals surface area contributed by atoms with Crippen molar-refractivity contribution in [3.8, 4) is 0 Å². The van der Waals surface area contributed by atoms with Crippen LogP contribution >= 0.6 is 0 Å². The number of aliphatic hydroxyl groups is 1. The number of hydrogen-bond acceptors (Lipinski definition) is 3. The van der Waals surface area contributed by atoms with E-state index in [1.165, 1.54) is 0 Å². The Balaban J connectivity index is 2.10. The minimum atomic E-state index is 0.0604. The smallest absolute Gasteiger partial charge is 0.228 e. The van der Waals surface area contributed by atoms with Crippen molar-refractivity contribution >= 4 is 17.3 Å². The molecule has 0 radical (unpaired) electrons. The van der Waals surface area contributed by atoms with E-state index in [1.807, 2.05) is 19.2 Å². The van der Waals surface area contributed by atoms with Gasteiger partial charge in [-0.3, -0.25) is 4.79 Å². The zero-order valence-electron chi connectivity index (χ0n) is 11.8. The molecule has 1 aromatic rings. The van der Waals surface area contributed by atoms with Crippen LogP contribution in [-0.2, 0) is 11.2 Å². The fourth-order valence-corrected chi connectivity index (χ4v) is 2.39. The molecule has 1 heterocycles. The highest BCUT2D eigenvalue weighted by Crippen LogP contribution is 2.28. The maximum atomic E-state index is 11.3. The monoisotopic (exact) mass is 262 g/mol. The third-order valence-electron chi connectivity index (χ3n) is 3.84. The lowest BCUT2D eigenvalue weighted by atomic mass is 9.96. The lowest BCUT2D eigenvalue weighted by molar-refractivity contribution is -0.115. The van der Waals surface area contributed by atoms with E-state index in [2.05, 4.69) is 30.1 Å². The van der Waals surface area contributed by atoms with E-state index in [0.717, 1.165) is 23.5 Å². The predicted octanol–water partition coefficient (Wildman–Crippen LogP) is 1.88. The summed E-state index contributed by atoms with van der Waals surface area (Å²) in [6, 6.07) is 6.02. The average molecular weight is 262 g/mol. The summed E-state index contributed by atoms with van der Waals surface area (Å²) >= 11 is 0. The number of benzene rings is 1. The summed E-state index contributed by atoms with van der Waals surface area (Å²) in [6.07, 6.45) is 0.463. The first-order chi connectivity index (χ1) is 9.01. The van der Waals surface area contributed by atoms with Gasteiger partial charge in [0.25, 0.3) is 0 Å². The molecule has 2 N–H and O–H groups in total. The van der Waals surface area contributed by atoms with Crippen LogP contribution in [0.4, 0.5) is 11.4 Å². The molecule has 0 aliphatic carbocycles. The molecule has 104 valence electrons. The molecule has 1 amide bonds. The van der Waals surface area contributed by atoms with Crippen LogP contribution in [0.15, 0.2) is 18.2 Å². The van der Waals surface area contributed by atoms with Gasteiger partial charge in [-0.05, 0) is 29.7 Å². The Bertz CT molecular complexity index is 471. The summed E-state index contributed by atoms with van der Waals surface area (Å²) in [7, 11) is 2.02. The number of rotatable bonds is 5. The molecule has 0 bridgehead atoms. The van der Waals surface area contributed by atoms with E-state index in [4.69, 9.17) is 0 Å². The van der Waals surface area contributed by atoms with Gasteiger partial charge in [-0.1, -0.05) is 13.8 Å². The second-order valence-corrected chi connectivity index (χ2v) is 5.63. The Morgan fingerprint density at radius 1 is 1.42 bits per heavy atom. The van der Waals surface area contributed by atoms with Crippen LogP contribution in [0, 0.1) is 11.8 Å². The maximum absolute atomic E-state index is 11.3. The zero-order chi connectivity index (χ0) is 14.0. The molecule has 2 rings (SSSR count). The highest BCUT2D eigenvalue weighted by atomic mass is 16.3. The van der Waals surface area contributed by atoms with E-state index in [-0.39, 0.29) is 18.4 Å². The van der Waals surface area contributed by atoms with Gasteiger partial charge in [-0.15, -0.1) is 0 Å². The van der Waals surface area contributed by atoms with Crippen LogP contribution in [0.3, 0.4) is 0 Å². The standard InChI is InChI=1S/C15H22N2O2/c1-10(2)12(9-18)8-17(3)13-4-5-14-11(6-13)7-15(19)16-14/h4-6,10,12,18H,7-9H2,1-3H3,(H,16,19). The first-order valence-corrected chi connectivity index (χ1v) is 6.76. The molecule has 0 aromatic heterocycles. The number of nitrogens with zero attached hydrogens (tertiary/aromatic N) is 1. The summed E-state index contributed by atoms with van der Waals surface area (Å²) in [5, 5.41) is 12.2. The third-order valence-corrected chi connectivity index (χ3v) is 3.84. The van der Waals surface area contributed by atoms with Gasteiger partial charge < -0.3 is 15.3 Å². The summed E-state index contributed by atoms with van der Waals surface area (Å²) in [4.78, 5) is 13.5. The van der Waals surface area contributed by atoms with Gasteiger partial charge in [-0.25, -0.2) is 0 Å². The molecular formula is C15H22N2O2. The Labute approximate surface area is 114 Å². The zero-order valence-corrected chi connectivity index (χ0v) is 11.8. The van der Waals surface area contributed by atoms with Crippen LogP contribution in [-0.4, -0.2) is 31.2 Å². The molecule has 19 heavy (non-hydrogen) atoms. The summed E-state index contributed by atoms with van der Waals surface area (Å²) in [5.74, 6) is 0.772. The molecule has 1 aliphatic heterocycles. The van der Waals surface area contributed by atoms with Gasteiger partial charge in [0.2, 0.25) is 5.91 Å². The number of anilines is 2. The van der Waals surface area contributed by atoms with E-state index in [1.54, 1.807) is 0 Å². The van der Waals surface area contributed by atoms with E-state index >= 15 is 0 Å². The number of carbonyl (C=O) groups excluding carboxylic acids is 1. The van der Waals surface area contributed by atoms with Gasteiger partial charge >= 0.3 is 0 Å². The lowest BCUT2D eigenvalue weighted by Crippen LogP contribution is -2.30. The molecule has 4 heteroatoms. The van der Waals surface area contributed by atoms with Crippen molar-refractivity contribution in [1.29, 1.82) is 0 Å². The Hall–Kier alpha value is -1.55. The fraction of sp³-hybridized carbons (Fsp3) is 0.533. The number of nitrogens with one attached hydrogen (secondary N) is 1. The molecule has 0 saturated carbocycles. The van der Waals surface area contributed by atoms with Crippen LogP contribution in [0.5, 0.6) is 0 Å². The molecular weight excluding hydrogens is 240 g/mol. The van der Waals surface area contributed by atoms with Crippen molar-refractivity contribution in [2.75, 3.05) is 30.4 Å². The number of amides is 1. The SMILES string of the molecule is CC(C)C(CO)CN(C)c1ccc2c(c1)CC(=O)N2. The van der Waals surface area contributed by atoms with Crippen molar-refractivity contribution < 1.29 is 9.90 Å². The van der Waals surface area contributed by atoms with Crippen molar-refractivity contribution in [2.24, 2.45) is 11.8 Å². The molecule has 1 aliphatic rings. The molecule has 0 saturated heterocycles. The Morgan fingerprint density at radius 3 is 2.79 bits per heavy atom. The van der Waals surface area contributed by atoms with Crippen molar-refractivity contribution in [1.82, 2.24) is 0 Å². The molecule has 1 atom stereocenters. The summed E-state index contributed by atoms with van der Waals surface area (Å²) in [6.45, 7) is 5.27. The average Bonchev–Trinajstić information content (AvgIpc) is 2.74. The van der Waals surface area contributed by atoms with Crippen LogP contribution in [0.1, 0.15) is 19.4 Å². The van der Waals surface area contributed by atoms with Crippen LogP contribution in [0.25, 0.3) is 0 Å². The van der Waals surface area contributed by atoms with Gasteiger partial charge in [-0.2, -0.15) is 0 Å². The van der Waals surface area contributed by atoms with Gasteiger partial charge in [0.05, 0.1) is 6.42 Å². The largest absolute Gasteiger partial charge is 0.396 e. The molecule has 1 unspecified atom stereocenters. The number of carbonyl (C=O) groups is 1. The summed E-state index contributed by atoms with van der Waals surface area (Å²) in [5.41, 5.74) is 3.07. The van der Waals surface area contributed by atoms with E-state index in [0.29, 0.717) is 12.3 Å². The minimum absolute atomic E-state index is 0.0604. The number of aliphatic hydroxyl groups excluding tert-OH is 1. The molecule has 4 nitrogen and oxygen atoms in total.